The Labute approximate surface area is 190 Å². The highest BCUT2D eigenvalue weighted by Crippen LogP contribution is 2.24. The van der Waals surface area contributed by atoms with Crippen molar-refractivity contribution in [3.05, 3.63) is 106 Å². The number of nitrogens with one attached hydrogen (secondary N) is 1. The average molecular weight is 430 g/mol. The first-order chi connectivity index (χ1) is 15.7. The zero-order valence-electron chi connectivity index (χ0n) is 18.7. The Bertz CT molecular complexity index is 1010. The topological polar surface area (TPSA) is 47.6 Å². The Kier molecular flexibility index (Phi) is 7.70. The lowest BCUT2D eigenvalue weighted by Crippen LogP contribution is -2.23. The summed E-state index contributed by atoms with van der Waals surface area (Å²) in [4.78, 5) is 11.6. The van der Waals surface area contributed by atoms with Gasteiger partial charge in [0.2, 0.25) is 0 Å². The first-order valence-electron chi connectivity index (χ1n) is 11.4. The molecule has 1 unspecified atom stereocenters. The molecule has 0 saturated heterocycles. The maximum Gasteiger partial charge on any atom is 0.337 e. The summed E-state index contributed by atoms with van der Waals surface area (Å²) in [6.07, 6.45) is 4.93. The predicted octanol–water partition coefficient (Wildman–Crippen LogP) is 5.40. The van der Waals surface area contributed by atoms with E-state index in [2.05, 4.69) is 47.8 Å². The molecule has 0 radical (unpaired) electrons. The van der Waals surface area contributed by atoms with E-state index in [4.69, 9.17) is 9.47 Å². The summed E-state index contributed by atoms with van der Waals surface area (Å²) in [5.41, 5.74) is 7.07. The van der Waals surface area contributed by atoms with Gasteiger partial charge in [0.25, 0.3) is 0 Å². The Balaban J connectivity index is 1.36. The van der Waals surface area contributed by atoms with Gasteiger partial charge in [0.15, 0.2) is 0 Å². The van der Waals surface area contributed by atoms with Crippen molar-refractivity contribution in [2.75, 3.05) is 13.7 Å². The molecule has 4 heteroatoms. The van der Waals surface area contributed by atoms with E-state index < -0.39 is 0 Å². The molecular weight excluding hydrogens is 398 g/mol. The summed E-state index contributed by atoms with van der Waals surface area (Å²) in [5.74, 6) is -0.316. The van der Waals surface area contributed by atoms with Gasteiger partial charge in [0.1, 0.15) is 0 Å². The third-order valence-corrected chi connectivity index (χ3v) is 6.07. The maximum atomic E-state index is 11.6. The van der Waals surface area contributed by atoms with Crippen molar-refractivity contribution >= 4 is 5.97 Å². The largest absolute Gasteiger partial charge is 0.465 e. The van der Waals surface area contributed by atoms with Crippen molar-refractivity contribution in [1.29, 1.82) is 0 Å². The third-order valence-electron chi connectivity index (χ3n) is 6.07. The molecule has 0 heterocycles. The van der Waals surface area contributed by atoms with Crippen LogP contribution in [0, 0.1) is 0 Å². The van der Waals surface area contributed by atoms with E-state index in [1.807, 2.05) is 18.2 Å². The molecule has 1 N–H and O–H groups in total. The van der Waals surface area contributed by atoms with Crippen LogP contribution in [-0.2, 0) is 35.5 Å². The molecular formula is C28H31NO3. The van der Waals surface area contributed by atoms with Crippen LogP contribution in [0.5, 0.6) is 0 Å². The molecule has 32 heavy (non-hydrogen) atoms. The number of hydrogen-bond donors (Lipinski definition) is 1. The minimum Gasteiger partial charge on any atom is -0.465 e. The quantitative estimate of drug-likeness (QED) is 0.463. The zero-order valence-corrected chi connectivity index (χ0v) is 18.7. The number of esters is 1. The summed E-state index contributed by atoms with van der Waals surface area (Å²) in [6.45, 7) is 2.00. The summed E-state index contributed by atoms with van der Waals surface area (Å²) in [5, 5.41) is 3.51. The predicted molar refractivity (Wildman–Crippen MR) is 127 cm³/mol. The number of carbonyl (C=O) groups is 1. The van der Waals surface area contributed by atoms with Gasteiger partial charge in [-0.25, -0.2) is 4.79 Å². The van der Waals surface area contributed by atoms with Crippen molar-refractivity contribution in [2.45, 2.75) is 44.9 Å². The van der Waals surface area contributed by atoms with Crippen molar-refractivity contribution < 1.29 is 14.3 Å². The normalized spacial score (nSPS) is 13.9. The van der Waals surface area contributed by atoms with E-state index in [0.29, 0.717) is 25.3 Å². The van der Waals surface area contributed by atoms with Crippen LogP contribution in [0.15, 0.2) is 72.8 Å². The number of benzene rings is 3. The lowest BCUT2D eigenvalue weighted by atomic mass is 9.90. The van der Waals surface area contributed by atoms with Crippen LogP contribution in [0.4, 0.5) is 0 Å². The number of methoxy groups -OCH3 is 1. The smallest absolute Gasteiger partial charge is 0.337 e. The van der Waals surface area contributed by atoms with Crippen LogP contribution in [0.3, 0.4) is 0 Å². The van der Waals surface area contributed by atoms with Crippen molar-refractivity contribution in [2.24, 2.45) is 0 Å². The minimum atomic E-state index is -0.316. The second-order valence-corrected chi connectivity index (χ2v) is 8.34. The van der Waals surface area contributed by atoms with Crippen LogP contribution >= 0.6 is 0 Å². The van der Waals surface area contributed by atoms with Crippen LogP contribution in [-0.4, -0.2) is 19.6 Å². The van der Waals surface area contributed by atoms with Gasteiger partial charge < -0.3 is 14.8 Å². The van der Waals surface area contributed by atoms with Crippen LogP contribution in [0.25, 0.3) is 0 Å². The van der Waals surface area contributed by atoms with Crippen LogP contribution in [0.2, 0.25) is 0 Å². The molecule has 0 aromatic heterocycles. The molecule has 166 valence electrons. The first-order valence-corrected chi connectivity index (χ1v) is 11.4. The number of ether oxygens (including phenoxy) is 2. The van der Waals surface area contributed by atoms with Gasteiger partial charge in [0, 0.05) is 13.1 Å². The van der Waals surface area contributed by atoms with Gasteiger partial charge in [-0.15, -0.1) is 0 Å². The summed E-state index contributed by atoms with van der Waals surface area (Å²) in [7, 11) is 1.39. The van der Waals surface area contributed by atoms with E-state index in [1.54, 1.807) is 12.1 Å². The Morgan fingerprint density at radius 1 is 0.906 bits per heavy atom. The molecule has 0 fully saturated rings. The number of hydrogen-bond acceptors (Lipinski definition) is 4. The van der Waals surface area contributed by atoms with Gasteiger partial charge in [-0.2, -0.15) is 0 Å². The second-order valence-electron chi connectivity index (χ2n) is 8.34. The van der Waals surface area contributed by atoms with E-state index in [9.17, 15) is 4.79 Å². The highest BCUT2D eigenvalue weighted by Gasteiger charge is 2.14. The summed E-state index contributed by atoms with van der Waals surface area (Å²) in [6, 6.07) is 24.7. The van der Waals surface area contributed by atoms with Crippen molar-refractivity contribution in [3.63, 3.8) is 0 Å². The lowest BCUT2D eigenvalue weighted by Gasteiger charge is -2.21. The molecule has 1 aliphatic rings. The molecule has 0 spiro atoms. The Morgan fingerprint density at radius 2 is 1.62 bits per heavy atom. The number of carbonyl (C=O) groups excluding carboxylic acids is 1. The van der Waals surface area contributed by atoms with Gasteiger partial charge in [-0.3, -0.25) is 0 Å². The fraction of sp³-hybridized carbons (Fsp3) is 0.321. The second kappa shape index (κ2) is 11.1. The van der Waals surface area contributed by atoms with Crippen LogP contribution in [0.1, 0.15) is 57.1 Å². The maximum absolute atomic E-state index is 11.6. The summed E-state index contributed by atoms with van der Waals surface area (Å²) >= 11 is 0. The van der Waals surface area contributed by atoms with E-state index in [1.165, 1.54) is 55.0 Å². The van der Waals surface area contributed by atoms with Gasteiger partial charge in [0.05, 0.1) is 25.4 Å². The van der Waals surface area contributed by atoms with Gasteiger partial charge >= 0.3 is 5.97 Å². The number of aryl methyl sites for hydroxylation is 2. The monoisotopic (exact) mass is 429 g/mol. The number of fused-ring (bicyclic) bond motifs is 1. The highest BCUT2D eigenvalue weighted by atomic mass is 16.5. The van der Waals surface area contributed by atoms with E-state index >= 15 is 0 Å². The minimum absolute atomic E-state index is 0.0402. The van der Waals surface area contributed by atoms with Gasteiger partial charge in [-0.05, 0) is 65.6 Å². The van der Waals surface area contributed by atoms with Gasteiger partial charge in [-0.1, -0.05) is 60.7 Å². The molecule has 1 atom stereocenters. The fourth-order valence-corrected chi connectivity index (χ4v) is 4.24. The molecule has 4 nitrogen and oxygen atoms in total. The highest BCUT2D eigenvalue weighted by molar-refractivity contribution is 5.89. The Hall–Kier alpha value is -2.95. The molecule has 0 bridgehead atoms. The van der Waals surface area contributed by atoms with Crippen molar-refractivity contribution in [1.82, 2.24) is 5.32 Å². The lowest BCUT2D eigenvalue weighted by molar-refractivity contribution is 0.0395. The van der Waals surface area contributed by atoms with Crippen LogP contribution < -0.4 is 5.32 Å². The SMILES string of the molecule is COC(=O)c1ccc(CNCC(OCc2ccc3c(c2)CCCC3)c2ccccc2)cc1. The molecule has 0 aliphatic heterocycles. The molecule has 1 aliphatic carbocycles. The molecule has 0 amide bonds. The third kappa shape index (κ3) is 5.84. The van der Waals surface area contributed by atoms with E-state index in [-0.39, 0.29) is 12.1 Å². The fourth-order valence-electron chi connectivity index (χ4n) is 4.24. The standard InChI is InChI=1S/C28H31NO3/c1-31-28(30)25-15-11-21(12-16-25)18-29-19-27(24-8-3-2-4-9-24)32-20-22-13-14-23-7-5-6-10-26(23)17-22/h2-4,8-9,11-17,27,29H,5-7,10,18-20H2,1H3. The summed E-state index contributed by atoms with van der Waals surface area (Å²) < 4.78 is 11.1. The first kappa shape index (κ1) is 22.3. The molecule has 4 rings (SSSR count). The van der Waals surface area contributed by atoms with E-state index in [0.717, 1.165) is 5.56 Å². The average Bonchev–Trinajstić information content (AvgIpc) is 2.86. The number of rotatable bonds is 9. The molecule has 3 aromatic carbocycles. The molecule has 0 saturated carbocycles. The van der Waals surface area contributed by atoms with Crippen molar-refractivity contribution in [3.8, 4) is 0 Å². The molecule has 3 aromatic rings. The zero-order chi connectivity index (χ0) is 22.2. The Morgan fingerprint density at radius 3 is 2.38 bits per heavy atom.